The molecule has 0 aliphatic carbocycles. The molecule has 0 bridgehead atoms. The molecule has 0 aromatic rings. The summed E-state index contributed by atoms with van der Waals surface area (Å²) in [4.78, 5) is 2.56. The quantitative estimate of drug-likeness (QED) is 0.615. The van der Waals surface area contributed by atoms with Crippen LogP contribution in [0.2, 0.25) is 0 Å². The van der Waals surface area contributed by atoms with Crippen molar-refractivity contribution in [2.75, 3.05) is 19.6 Å². The molecule has 1 heteroatoms. The molecule has 15 heavy (non-hydrogen) atoms. The van der Waals surface area contributed by atoms with Crippen LogP contribution in [0, 0.1) is 5.92 Å². The summed E-state index contributed by atoms with van der Waals surface area (Å²) < 4.78 is 0. The predicted octanol–water partition coefficient (Wildman–Crippen LogP) is 4.32. The van der Waals surface area contributed by atoms with Gasteiger partial charge in [0.2, 0.25) is 0 Å². The van der Waals surface area contributed by atoms with Gasteiger partial charge in [0.05, 0.1) is 0 Å². The highest BCUT2D eigenvalue weighted by atomic mass is 15.1. The molecule has 0 aromatic carbocycles. The molecular weight excluding hydrogens is 182 g/mol. The van der Waals surface area contributed by atoms with E-state index >= 15 is 0 Å². The summed E-state index contributed by atoms with van der Waals surface area (Å²) in [6.07, 6.45) is 8.38. The molecule has 0 saturated carbocycles. The monoisotopic (exact) mass is 213 g/mol. The molecule has 1 fully saturated rings. The fraction of sp³-hybridized carbons (Fsp3) is 1.00. The summed E-state index contributed by atoms with van der Waals surface area (Å²) in [5, 5.41) is 0. The standard InChI is InChI=1S/C8H17N.C6H14/c1-8(2)7-9-5-3-4-6-9;1-3-5-6-4-2/h8H,3-7H2,1-2H3;3-6H2,1-2H3. The zero-order valence-electron chi connectivity index (χ0n) is 11.4. The molecular formula is C14H31N. The summed E-state index contributed by atoms with van der Waals surface area (Å²) in [5.74, 6) is 0.850. The highest BCUT2D eigenvalue weighted by Crippen LogP contribution is 2.09. The van der Waals surface area contributed by atoms with Gasteiger partial charge >= 0.3 is 0 Å². The maximum Gasteiger partial charge on any atom is 0.000438 e. The third-order valence-electron chi connectivity index (χ3n) is 2.78. The molecule has 1 heterocycles. The summed E-state index contributed by atoms with van der Waals surface area (Å²) in [5.41, 5.74) is 0. The van der Waals surface area contributed by atoms with E-state index in [9.17, 15) is 0 Å². The predicted molar refractivity (Wildman–Crippen MR) is 70.3 cm³/mol. The molecule has 1 saturated heterocycles. The van der Waals surface area contributed by atoms with E-state index in [1.165, 1.54) is 58.2 Å². The van der Waals surface area contributed by atoms with Crippen molar-refractivity contribution < 1.29 is 0 Å². The summed E-state index contributed by atoms with van der Waals surface area (Å²) in [6, 6.07) is 0. The maximum absolute atomic E-state index is 2.56. The van der Waals surface area contributed by atoms with E-state index in [2.05, 4.69) is 32.6 Å². The minimum Gasteiger partial charge on any atom is -0.303 e. The van der Waals surface area contributed by atoms with Crippen LogP contribution in [0.25, 0.3) is 0 Å². The van der Waals surface area contributed by atoms with E-state index < -0.39 is 0 Å². The minimum atomic E-state index is 0.850. The Hall–Kier alpha value is -0.0400. The van der Waals surface area contributed by atoms with Crippen LogP contribution in [-0.2, 0) is 0 Å². The van der Waals surface area contributed by atoms with Crippen molar-refractivity contribution in [2.45, 2.75) is 66.2 Å². The van der Waals surface area contributed by atoms with Gasteiger partial charge in [0.15, 0.2) is 0 Å². The maximum atomic E-state index is 2.56. The fourth-order valence-electron chi connectivity index (χ4n) is 1.98. The number of hydrogen-bond acceptors (Lipinski definition) is 1. The lowest BCUT2D eigenvalue weighted by molar-refractivity contribution is 0.298. The molecule has 0 atom stereocenters. The Balaban J connectivity index is 0.000000288. The Morgan fingerprint density at radius 3 is 1.73 bits per heavy atom. The van der Waals surface area contributed by atoms with Gasteiger partial charge in [-0.1, -0.05) is 53.4 Å². The van der Waals surface area contributed by atoms with Crippen LogP contribution in [-0.4, -0.2) is 24.5 Å². The lowest BCUT2D eigenvalue weighted by Gasteiger charge is -2.16. The average molecular weight is 213 g/mol. The molecule has 0 unspecified atom stereocenters. The number of rotatable bonds is 5. The SMILES string of the molecule is CC(C)CN1CCCC1.CCCCCC. The molecule has 1 aliphatic heterocycles. The first kappa shape index (κ1) is 15.0. The highest BCUT2D eigenvalue weighted by Gasteiger charge is 2.11. The largest absolute Gasteiger partial charge is 0.303 e. The molecule has 1 aliphatic rings. The highest BCUT2D eigenvalue weighted by molar-refractivity contribution is 4.66. The van der Waals surface area contributed by atoms with Gasteiger partial charge in [0, 0.05) is 6.54 Å². The van der Waals surface area contributed by atoms with Crippen LogP contribution in [0.4, 0.5) is 0 Å². The van der Waals surface area contributed by atoms with Crippen molar-refractivity contribution in [2.24, 2.45) is 5.92 Å². The van der Waals surface area contributed by atoms with E-state index in [1.807, 2.05) is 0 Å². The topological polar surface area (TPSA) is 3.24 Å². The lowest BCUT2D eigenvalue weighted by atomic mass is 10.2. The van der Waals surface area contributed by atoms with Crippen molar-refractivity contribution in [3.63, 3.8) is 0 Å². The molecule has 1 nitrogen and oxygen atoms in total. The average Bonchev–Trinajstić information content (AvgIpc) is 2.67. The summed E-state index contributed by atoms with van der Waals surface area (Å²) in [6.45, 7) is 13.0. The molecule has 1 rings (SSSR count). The van der Waals surface area contributed by atoms with Gasteiger partial charge in [-0.2, -0.15) is 0 Å². The Labute approximate surface area is 97.2 Å². The molecule has 0 amide bonds. The van der Waals surface area contributed by atoms with Gasteiger partial charge in [-0.15, -0.1) is 0 Å². The number of hydrogen-bond donors (Lipinski definition) is 0. The normalized spacial score (nSPS) is 16.6. The van der Waals surface area contributed by atoms with Crippen molar-refractivity contribution in [3.8, 4) is 0 Å². The molecule has 0 aromatic heterocycles. The molecule has 92 valence electrons. The van der Waals surface area contributed by atoms with Gasteiger partial charge < -0.3 is 4.90 Å². The Morgan fingerprint density at radius 2 is 1.40 bits per heavy atom. The Bertz CT molecular complexity index is 111. The second-order valence-corrected chi connectivity index (χ2v) is 5.11. The Morgan fingerprint density at radius 1 is 0.933 bits per heavy atom. The van der Waals surface area contributed by atoms with Crippen LogP contribution in [0.3, 0.4) is 0 Å². The van der Waals surface area contributed by atoms with E-state index in [-0.39, 0.29) is 0 Å². The van der Waals surface area contributed by atoms with Gasteiger partial charge in [-0.05, 0) is 31.8 Å². The second-order valence-electron chi connectivity index (χ2n) is 5.11. The zero-order valence-corrected chi connectivity index (χ0v) is 11.4. The van der Waals surface area contributed by atoms with Crippen LogP contribution in [0.15, 0.2) is 0 Å². The van der Waals surface area contributed by atoms with Crippen LogP contribution >= 0.6 is 0 Å². The van der Waals surface area contributed by atoms with E-state index in [0.29, 0.717) is 0 Å². The lowest BCUT2D eigenvalue weighted by Crippen LogP contribution is -2.23. The van der Waals surface area contributed by atoms with Crippen molar-refractivity contribution in [1.29, 1.82) is 0 Å². The first-order valence-corrected chi connectivity index (χ1v) is 6.93. The second kappa shape index (κ2) is 10.5. The smallest absolute Gasteiger partial charge is 0.000438 e. The van der Waals surface area contributed by atoms with E-state index in [0.717, 1.165) is 5.92 Å². The van der Waals surface area contributed by atoms with Gasteiger partial charge in [-0.3, -0.25) is 0 Å². The van der Waals surface area contributed by atoms with Gasteiger partial charge in [0.25, 0.3) is 0 Å². The molecule has 0 spiro atoms. The number of unbranched alkanes of at least 4 members (excludes halogenated alkanes) is 3. The first-order chi connectivity index (χ1) is 7.20. The summed E-state index contributed by atoms with van der Waals surface area (Å²) in [7, 11) is 0. The van der Waals surface area contributed by atoms with E-state index in [1.54, 1.807) is 0 Å². The van der Waals surface area contributed by atoms with E-state index in [4.69, 9.17) is 0 Å². The molecule has 0 N–H and O–H groups in total. The van der Waals surface area contributed by atoms with Gasteiger partial charge in [-0.25, -0.2) is 0 Å². The van der Waals surface area contributed by atoms with Crippen molar-refractivity contribution >= 4 is 0 Å². The third-order valence-corrected chi connectivity index (χ3v) is 2.78. The number of nitrogens with zero attached hydrogens (tertiary/aromatic N) is 1. The van der Waals surface area contributed by atoms with Crippen molar-refractivity contribution in [3.05, 3.63) is 0 Å². The zero-order chi connectivity index (χ0) is 11.5. The van der Waals surface area contributed by atoms with Gasteiger partial charge in [0.1, 0.15) is 0 Å². The number of likely N-dealkylation sites (tertiary alicyclic amines) is 1. The first-order valence-electron chi connectivity index (χ1n) is 6.93. The Kier molecular flexibility index (Phi) is 10.4. The third kappa shape index (κ3) is 10.2. The summed E-state index contributed by atoms with van der Waals surface area (Å²) >= 11 is 0. The molecule has 0 radical (unpaired) electrons. The minimum absolute atomic E-state index is 0.850. The fourth-order valence-corrected chi connectivity index (χ4v) is 1.98. The van der Waals surface area contributed by atoms with Crippen LogP contribution in [0.1, 0.15) is 66.2 Å². The van der Waals surface area contributed by atoms with Crippen LogP contribution < -0.4 is 0 Å². The van der Waals surface area contributed by atoms with Crippen LogP contribution in [0.5, 0.6) is 0 Å². The van der Waals surface area contributed by atoms with Crippen molar-refractivity contribution in [1.82, 2.24) is 4.90 Å².